The van der Waals surface area contributed by atoms with Crippen LogP contribution in [0, 0.1) is 6.92 Å². The molecule has 0 unspecified atom stereocenters. The van der Waals surface area contributed by atoms with Crippen molar-refractivity contribution in [3.8, 4) is 11.6 Å². The molecule has 3 heterocycles. The van der Waals surface area contributed by atoms with Crippen LogP contribution in [0.15, 0.2) is 88.2 Å². The van der Waals surface area contributed by atoms with Gasteiger partial charge in [-0.05, 0) is 72.9 Å². The van der Waals surface area contributed by atoms with E-state index in [9.17, 15) is 9.59 Å². The Kier molecular flexibility index (Phi) is 6.46. The first kappa shape index (κ1) is 24.3. The van der Waals surface area contributed by atoms with Gasteiger partial charge in [0.05, 0.1) is 11.1 Å². The first-order chi connectivity index (χ1) is 19.1. The SMILES string of the molecule is Cc1cn(CCCCc2ccccc2)c2ccc(C(=O)Nc3cccc4c(=O)cc(-c5nn[nH]n5)oc34)cc12. The smallest absolute Gasteiger partial charge is 0.255 e. The molecule has 3 aromatic heterocycles. The van der Waals surface area contributed by atoms with Crippen LogP contribution >= 0.6 is 0 Å². The fourth-order valence-electron chi connectivity index (χ4n) is 4.90. The molecule has 0 radical (unpaired) electrons. The zero-order valence-corrected chi connectivity index (χ0v) is 21.3. The molecular formula is C30H26N6O3. The Balaban J connectivity index is 1.22. The molecule has 6 rings (SSSR count). The fourth-order valence-corrected chi connectivity index (χ4v) is 4.90. The third-order valence-corrected chi connectivity index (χ3v) is 6.87. The number of nitrogens with zero attached hydrogens (tertiary/aromatic N) is 4. The number of carbonyl (C=O) groups is 1. The Hall–Kier alpha value is -5.05. The average molecular weight is 519 g/mol. The van der Waals surface area contributed by atoms with Gasteiger partial charge in [-0.15, -0.1) is 10.2 Å². The van der Waals surface area contributed by atoms with Gasteiger partial charge in [0.1, 0.15) is 0 Å². The number of aryl methyl sites for hydroxylation is 3. The second kappa shape index (κ2) is 10.4. The molecule has 0 saturated carbocycles. The van der Waals surface area contributed by atoms with Crippen molar-refractivity contribution in [3.63, 3.8) is 0 Å². The van der Waals surface area contributed by atoms with E-state index in [1.807, 2.05) is 24.3 Å². The molecule has 0 aliphatic carbocycles. The van der Waals surface area contributed by atoms with Gasteiger partial charge in [-0.25, -0.2) is 0 Å². The van der Waals surface area contributed by atoms with Crippen molar-refractivity contribution in [2.75, 3.05) is 5.32 Å². The maximum absolute atomic E-state index is 13.3. The predicted molar refractivity (Wildman–Crippen MR) is 150 cm³/mol. The molecule has 194 valence electrons. The van der Waals surface area contributed by atoms with Gasteiger partial charge in [-0.1, -0.05) is 36.4 Å². The van der Waals surface area contributed by atoms with E-state index in [4.69, 9.17) is 4.42 Å². The third-order valence-electron chi connectivity index (χ3n) is 6.87. The largest absolute Gasteiger partial charge is 0.450 e. The molecule has 39 heavy (non-hydrogen) atoms. The topological polar surface area (TPSA) is 119 Å². The van der Waals surface area contributed by atoms with E-state index in [0.29, 0.717) is 16.6 Å². The normalized spacial score (nSPS) is 11.3. The second-order valence-electron chi connectivity index (χ2n) is 9.53. The van der Waals surface area contributed by atoms with Crippen LogP contribution < -0.4 is 10.7 Å². The summed E-state index contributed by atoms with van der Waals surface area (Å²) >= 11 is 0. The number of anilines is 1. The number of hydrogen-bond donors (Lipinski definition) is 2. The summed E-state index contributed by atoms with van der Waals surface area (Å²) in [5.74, 6) is 0.0118. The molecule has 0 fully saturated rings. The third kappa shape index (κ3) is 4.94. The standard InChI is InChI=1S/C30H26N6O3/c1-19-18-36(15-6-5-10-20-8-3-2-4-9-20)25-14-13-21(16-23(19)25)30(38)31-24-12-7-11-22-26(37)17-27(39-28(22)24)29-32-34-35-33-29/h2-4,7-9,11-14,16-18H,5-6,10,15H2,1H3,(H,31,38)(H,32,33,34,35). The maximum atomic E-state index is 13.3. The van der Waals surface area contributed by atoms with Crippen molar-refractivity contribution in [1.82, 2.24) is 25.2 Å². The molecule has 9 nitrogen and oxygen atoms in total. The number of rotatable bonds is 8. The lowest BCUT2D eigenvalue weighted by Crippen LogP contribution is -2.13. The minimum absolute atomic E-state index is 0.153. The highest BCUT2D eigenvalue weighted by atomic mass is 16.3. The lowest BCUT2D eigenvalue weighted by Gasteiger charge is -2.09. The van der Waals surface area contributed by atoms with Gasteiger partial charge in [0.2, 0.25) is 5.82 Å². The van der Waals surface area contributed by atoms with Crippen LogP contribution in [0.25, 0.3) is 33.5 Å². The molecule has 1 amide bonds. The number of para-hydroxylation sites is 1. The summed E-state index contributed by atoms with van der Waals surface area (Å²) in [5.41, 5.74) is 4.45. The van der Waals surface area contributed by atoms with Crippen LogP contribution in [0.1, 0.15) is 34.3 Å². The van der Waals surface area contributed by atoms with Crippen LogP contribution in [0.5, 0.6) is 0 Å². The number of aromatic amines is 1. The van der Waals surface area contributed by atoms with Crippen molar-refractivity contribution in [2.45, 2.75) is 32.7 Å². The molecule has 0 atom stereocenters. The molecule has 3 aromatic carbocycles. The molecule has 0 bridgehead atoms. The van der Waals surface area contributed by atoms with E-state index in [2.05, 4.69) is 67.9 Å². The summed E-state index contributed by atoms with van der Waals surface area (Å²) in [5, 5.41) is 17.9. The Labute approximate surface area is 223 Å². The van der Waals surface area contributed by atoms with E-state index >= 15 is 0 Å². The van der Waals surface area contributed by atoms with Crippen molar-refractivity contribution in [1.29, 1.82) is 0 Å². The van der Waals surface area contributed by atoms with Crippen LogP contribution in [0.2, 0.25) is 0 Å². The van der Waals surface area contributed by atoms with Crippen molar-refractivity contribution in [2.24, 2.45) is 0 Å². The Morgan fingerprint density at radius 2 is 1.87 bits per heavy atom. The van der Waals surface area contributed by atoms with Crippen molar-refractivity contribution >= 4 is 33.5 Å². The zero-order valence-electron chi connectivity index (χ0n) is 21.3. The van der Waals surface area contributed by atoms with Gasteiger partial charge >= 0.3 is 0 Å². The number of aromatic nitrogens is 5. The minimum atomic E-state index is -0.299. The molecule has 0 spiro atoms. The Morgan fingerprint density at radius 1 is 1.00 bits per heavy atom. The first-order valence-corrected chi connectivity index (χ1v) is 12.8. The number of hydrogen-bond acceptors (Lipinski definition) is 6. The molecule has 0 aliphatic heterocycles. The summed E-state index contributed by atoms with van der Waals surface area (Å²) in [6.07, 6.45) is 5.39. The van der Waals surface area contributed by atoms with Crippen LogP contribution in [-0.4, -0.2) is 31.1 Å². The highest BCUT2D eigenvalue weighted by Crippen LogP contribution is 2.27. The molecule has 0 saturated heterocycles. The van der Waals surface area contributed by atoms with Gasteiger partial charge in [0, 0.05) is 35.3 Å². The molecular weight excluding hydrogens is 492 g/mol. The van der Waals surface area contributed by atoms with Crippen LogP contribution in [0.3, 0.4) is 0 Å². The lowest BCUT2D eigenvalue weighted by atomic mass is 10.1. The molecule has 6 aromatic rings. The molecule has 9 heteroatoms. The number of amides is 1. The van der Waals surface area contributed by atoms with Gasteiger partial charge < -0.3 is 14.3 Å². The minimum Gasteiger partial charge on any atom is -0.450 e. The number of nitrogens with one attached hydrogen (secondary N) is 2. The van der Waals surface area contributed by atoms with E-state index in [0.717, 1.165) is 42.3 Å². The van der Waals surface area contributed by atoms with Crippen LogP contribution in [-0.2, 0) is 13.0 Å². The summed E-state index contributed by atoms with van der Waals surface area (Å²) in [6, 6.07) is 22.6. The van der Waals surface area contributed by atoms with E-state index in [-0.39, 0.29) is 28.5 Å². The van der Waals surface area contributed by atoms with Gasteiger partial charge in [0.15, 0.2) is 16.8 Å². The fraction of sp³-hybridized carbons (Fsp3) is 0.167. The number of fused-ring (bicyclic) bond motifs is 2. The number of H-pyrrole nitrogens is 1. The highest BCUT2D eigenvalue weighted by molar-refractivity contribution is 6.09. The van der Waals surface area contributed by atoms with Gasteiger partial charge in [-0.3, -0.25) is 9.59 Å². The maximum Gasteiger partial charge on any atom is 0.255 e. The first-order valence-electron chi connectivity index (χ1n) is 12.8. The van der Waals surface area contributed by atoms with Crippen molar-refractivity contribution < 1.29 is 9.21 Å². The van der Waals surface area contributed by atoms with E-state index in [1.165, 1.54) is 11.6 Å². The van der Waals surface area contributed by atoms with Crippen molar-refractivity contribution in [3.05, 3.63) is 106 Å². The highest BCUT2D eigenvalue weighted by Gasteiger charge is 2.16. The predicted octanol–water partition coefficient (Wildman–Crippen LogP) is 5.51. The molecule has 0 aliphatic rings. The van der Waals surface area contributed by atoms with E-state index < -0.39 is 0 Å². The zero-order chi connectivity index (χ0) is 26.8. The van der Waals surface area contributed by atoms with Gasteiger partial charge in [-0.2, -0.15) is 5.21 Å². The quantitative estimate of drug-likeness (QED) is 0.257. The van der Waals surface area contributed by atoms with E-state index in [1.54, 1.807) is 18.2 Å². The monoisotopic (exact) mass is 518 g/mol. The Bertz CT molecular complexity index is 1840. The van der Waals surface area contributed by atoms with Gasteiger partial charge in [0.25, 0.3) is 5.91 Å². The Morgan fingerprint density at radius 3 is 2.69 bits per heavy atom. The summed E-state index contributed by atoms with van der Waals surface area (Å²) < 4.78 is 8.18. The number of tetrazole rings is 1. The number of unbranched alkanes of at least 4 members (excludes halogenated alkanes) is 1. The summed E-state index contributed by atoms with van der Waals surface area (Å²) in [6.45, 7) is 2.98. The molecule has 2 N–H and O–H groups in total. The summed E-state index contributed by atoms with van der Waals surface area (Å²) in [7, 11) is 0. The van der Waals surface area contributed by atoms with Crippen LogP contribution in [0.4, 0.5) is 5.69 Å². The number of benzene rings is 3. The summed E-state index contributed by atoms with van der Waals surface area (Å²) in [4.78, 5) is 26.0. The second-order valence-corrected chi connectivity index (χ2v) is 9.53. The average Bonchev–Trinajstić information content (AvgIpc) is 3.60. The lowest BCUT2D eigenvalue weighted by molar-refractivity contribution is 0.102. The number of carbonyl (C=O) groups excluding carboxylic acids is 1.